The van der Waals surface area contributed by atoms with Gasteiger partial charge in [-0.3, -0.25) is 0 Å². The van der Waals surface area contributed by atoms with Crippen LogP contribution in [0, 0.1) is 12.0 Å². The van der Waals surface area contributed by atoms with Gasteiger partial charge in [0.15, 0.2) is 0 Å². The number of quaternary nitrogens is 1. The van der Waals surface area contributed by atoms with Crippen molar-refractivity contribution in [2.45, 2.75) is 46.2 Å². The van der Waals surface area contributed by atoms with E-state index in [4.69, 9.17) is 0 Å². The molecule has 0 saturated carbocycles. The molecule has 5 heteroatoms. The first-order valence-corrected chi connectivity index (χ1v) is 12.2. The number of benzene rings is 3. The number of anilines is 2. The molecule has 2 aliphatic rings. The van der Waals surface area contributed by atoms with Crippen LogP contribution < -0.4 is 10.6 Å². The van der Waals surface area contributed by atoms with Gasteiger partial charge in [-0.05, 0) is 37.5 Å². The zero-order valence-corrected chi connectivity index (χ0v) is 23.2. The Morgan fingerprint density at radius 2 is 1.74 bits per heavy atom. The van der Waals surface area contributed by atoms with Crippen molar-refractivity contribution in [1.82, 2.24) is 0 Å². The largest absolute Gasteiger partial charge is 0.323 e. The molecule has 34 heavy (non-hydrogen) atoms. The molecular weight excluding hydrogens is 495 g/mol. The van der Waals surface area contributed by atoms with Crippen LogP contribution in [0.4, 0.5) is 16.2 Å². The Kier molecular flexibility index (Phi) is 9.88. The molecule has 0 aromatic heterocycles. The zero-order chi connectivity index (χ0) is 23.1. The van der Waals surface area contributed by atoms with Crippen molar-refractivity contribution >= 4 is 17.4 Å². The van der Waals surface area contributed by atoms with E-state index in [-0.39, 0.29) is 38.7 Å². The Morgan fingerprint density at radius 3 is 2.50 bits per heavy atom. The zero-order valence-electron chi connectivity index (χ0n) is 20.4. The van der Waals surface area contributed by atoms with Crippen molar-refractivity contribution in [1.29, 1.82) is 0 Å². The molecular formula is C29H35N3OY. The van der Waals surface area contributed by atoms with E-state index in [2.05, 4.69) is 41.0 Å². The molecule has 0 aliphatic carbocycles. The van der Waals surface area contributed by atoms with Gasteiger partial charge in [-0.1, -0.05) is 44.2 Å². The monoisotopic (exact) mass is 530 g/mol. The number of hydrogen-bond donors (Lipinski definition) is 2. The van der Waals surface area contributed by atoms with E-state index in [1.807, 2.05) is 62.4 Å². The molecule has 1 spiro atoms. The minimum absolute atomic E-state index is 0. The second-order valence-corrected chi connectivity index (χ2v) is 9.07. The minimum atomic E-state index is -0.185. The molecule has 1 radical (unpaired) electrons. The Hall–Kier alpha value is -2.01. The van der Waals surface area contributed by atoms with Gasteiger partial charge in [-0.2, -0.15) is 35.9 Å². The maximum absolute atomic E-state index is 12.6. The number of nitrogens with zero attached hydrogens (tertiary/aromatic N) is 1. The Bertz CT molecular complexity index is 1060. The summed E-state index contributed by atoms with van der Waals surface area (Å²) in [6.07, 6.45) is 3.73. The van der Waals surface area contributed by atoms with Gasteiger partial charge < -0.3 is 15.1 Å². The number of carbonyl (C=O) groups excluding carboxylic acids is 1. The van der Waals surface area contributed by atoms with E-state index in [0.29, 0.717) is 5.92 Å². The van der Waals surface area contributed by atoms with Gasteiger partial charge in [0.05, 0.1) is 18.8 Å². The van der Waals surface area contributed by atoms with Crippen LogP contribution in [0.1, 0.15) is 43.4 Å². The van der Waals surface area contributed by atoms with Crippen LogP contribution in [0.25, 0.3) is 0 Å². The van der Waals surface area contributed by atoms with Crippen molar-refractivity contribution in [3.05, 3.63) is 95.6 Å². The quantitative estimate of drug-likeness (QED) is 0.288. The van der Waals surface area contributed by atoms with Crippen molar-refractivity contribution in [2.75, 3.05) is 23.7 Å². The third-order valence-electron chi connectivity index (χ3n) is 6.75. The smallest absolute Gasteiger partial charge is 0.316 e. The summed E-state index contributed by atoms with van der Waals surface area (Å²) in [6, 6.07) is 27.3. The van der Waals surface area contributed by atoms with E-state index in [0.717, 1.165) is 35.4 Å². The molecule has 5 rings (SSSR count). The van der Waals surface area contributed by atoms with Crippen LogP contribution in [0.3, 0.4) is 0 Å². The molecule has 2 amide bonds. The maximum atomic E-state index is 12.6. The van der Waals surface area contributed by atoms with Gasteiger partial charge in [0.25, 0.3) is 0 Å². The number of hydrogen-bond acceptors (Lipinski definition) is 1. The predicted octanol–water partition coefficient (Wildman–Crippen LogP) is 6.64. The number of fused-ring (bicyclic) bond motifs is 1. The number of nitrogens with one attached hydrogen (secondary N) is 2. The standard InChI is InChI=1S/C27H29N3O.C2H6.Y/c31-27(28-24-13-5-2-6-14-24)29-26-15-7-12-23-19-30(20-25(23)26)16-8-11-22(18-30)17-21-9-3-1-4-10-21;1-2;/h2-7,9-10,12-15,22H,8,11,16-20H2,(H2,28,29,31);1-2H3;. The first-order chi connectivity index (χ1) is 16.2. The van der Waals surface area contributed by atoms with Crippen molar-refractivity contribution in [2.24, 2.45) is 5.92 Å². The van der Waals surface area contributed by atoms with Crippen molar-refractivity contribution < 1.29 is 42.0 Å². The molecule has 2 heterocycles. The molecule has 1 fully saturated rings. The molecule has 2 atom stereocenters. The second kappa shape index (κ2) is 12.6. The first-order valence-electron chi connectivity index (χ1n) is 12.2. The van der Waals surface area contributed by atoms with Crippen LogP contribution in [-0.2, 0) is 52.2 Å². The summed E-state index contributed by atoms with van der Waals surface area (Å²) in [5.74, 6) is 0.711. The average Bonchev–Trinajstić information content (AvgIpc) is 3.20. The second-order valence-electron chi connectivity index (χ2n) is 9.07. The van der Waals surface area contributed by atoms with Gasteiger partial charge in [-0.25, -0.2) is 4.79 Å². The Balaban J connectivity index is 0.00000105. The summed E-state index contributed by atoms with van der Waals surface area (Å²) in [4.78, 5) is 12.6. The van der Waals surface area contributed by atoms with Crippen LogP contribution in [-0.4, -0.2) is 23.6 Å². The molecule has 0 bridgehead atoms. The van der Waals surface area contributed by atoms with E-state index in [1.165, 1.54) is 42.6 Å². The number of carbonyl (C=O) groups is 1. The number of rotatable bonds is 4. The van der Waals surface area contributed by atoms with Gasteiger partial charge >= 0.3 is 6.03 Å². The van der Waals surface area contributed by atoms with Gasteiger partial charge in [0.1, 0.15) is 13.1 Å². The topological polar surface area (TPSA) is 41.1 Å². The van der Waals surface area contributed by atoms with Gasteiger partial charge in [-0.15, -0.1) is 0 Å². The summed E-state index contributed by atoms with van der Waals surface area (Å²) >= 11 is 0. The predicted molar refractivity (Wildman–Crippen MR) is 136 cm³/mol. The number of amides is 2. The fraction of sp³-hybridized carbons (Fsp3) is 0.345. The van der Waals surface area contributed by atoms with Crippen LogP contribution >= 0.6 is 0 Å². The fourth-order valence-electron chi connectivity index (χ4n) is 5.44. The van der Waals surface area contributed by atoms with Crippen LogP contribution in [0.2, 0.25) is 0 Å². The molecule has 1 saturated heterocycles. The van der Waals surface area contributed by atoms with Crippen molar-refractivity contribution in [3.63, 3.8) is 0 Å². The van der Waals surface area contributed by atoms with E-state index in [9.17, 15) is 4.79 Å². The third kappa shape index (κ3) is 6.56. The van der Waals surface area contributed by atoms with Crippen LogP contribution in [0.5, 0.6) is 0 Å². The van der Waals surface area contributed by atoms with Crippen molar-refractivity contribution in [3.8, 4) is 0 Å². The summed E-state index contributed by atoms with van der Waals surface area (Å²) in [6.45, 7) is 8.52. The number of piperidine rings is 1. The molecule has 2 unspecified atom stereocenters. The average molecular weight is 531 g/mol. The van der Waals surface area contributed by atoms with E-state index >= 15 is 0 Å². The molecule has 175 valence electrons. The van der Waals surface area contributed by atoms with Gasteiger partial charge in [0, 0.05) is 55.4 Å². The first kappa shape index (κ1) is 26.6. The third-order valence-corrected chi connectivity index (χ3v) is 6.75. The normalized spacial score (nSPS) is 20.4. The molecule has 3 aromatic rings. The molecule has 2 N–H and O–H groups in total. The van der Waals surface area contributed by atoms with Gasteiger partial charge in [0.2, 0.25) is 0 Å². The van der Waals surface area contributed by atoms with E-state index < -0.39 is 0 Å². The summed E-state index contributed by atoms with van der Waals surface area (Å²) < 4.78 is 1.12. The number of urea groups is 1. The Labute approximate surface area is 229 Å². The molecule has 3 aromatic carbocycles. The minimum Gasteiger partial charge on any atom is -0.316 e. The summed E-state index contributed by atoms with van der Waals surface area (Å²) in [5.41, 5.74) is 5.85. The summed E-state index contributed by atoms with van der Waals surface area (Å²) in [5, 5.41) is 6.03. The summed E-state index contributed by atoms with van der Waals surface area (Å²) in [7, 11) is 0. The Morgan fingerprint density at radius 1 is 0.971 bits per heavy atom. The van der Waals surface area contributed by atoms with E-state index in [1.54, 1.807) is 0 Å². The number of para-hydroxylation sites is 1. The van der Waals surface area contributed by atoms with Crippen LogP contribution in [0.15, 0.2) is 72.8 Å². The molecule has 2 aliphatic heterocycles. The molecule has 4 nitrogen and oxygen atoms in total. The fourth-order valence-corrected chi connectivity index (χ4v) is 5.44. The SMILES string of the molecule is CC.O=C(Nc1ccccc1)Nc1cccc2c1C[N+]1(CCCC(Cc3cc[c-]cc3)C1)C2.[Y]. The maximum Gasteiger partial charge on any atom is 0.323 e.